The van der Waals surface area contributed by atoms with Gasteiger partial charge in [-0.25, -0.2) is 16.8 Å². The number of anilines is 4. The number of benzene rings is 3. The van der Waals surface area contributed by atoms with Gasteiger partial charge < -0.3 is 20.8 Å². The van der Waals surface area contributed by atoms with E-state index in [1.54, 1.807) is 58.0 Å². The molecule has 2 amide bonds. The lowest BCUT2D eigenvalue weighted by Crippen LogP contribution is -2.23. The van der Waals surface area contributed by atoms with Crippen LogP contribution in [-0.2, 0) is 39.2 Å². The Labute approximate surface area is 495 Å². The predicted octanol–water partition coefficient (Wildman–Crippen LogP) is 17.9. The van der Waals surface area contributed by atoms with E-state index in [1.165, 1.54) is 172 Å². The van der Waals surface area contributed by atoms with Gasteiger partial charge in [0.25, 0.3) is 20.0 Å². The lowest BCUT2D eigenvalue weighted by Gasteiger charge is -2.18. The first-order valence-electron chi connectivity index (χ1n) is 31.7. The van der Waals surface area contributed by atoms with Gasteiger partial charge in [0.05, 0.1) is 33.0 Å². The minimum Gasteiger partial charge on any atom is -0.481 e. The van der Waals surface area contributed by atoms with Crippen LogP contribution in [0.3, 0.4) is 0 Å². The van der Waals surface area contributed by atoms with Crippen molar-refractivity contribution in [2.24, 2.45) is 11.8 Å². The zero-order valence-corrected chi connectivity index (χ0v) is 52.8. The maximum Gasteiger partial charge on any atom is 0.307 e. The topological polar surface area (TPSA) is 225 Å². The zero-order valence-electron chi connectivity index (χ0n) is 51.2. The molecule has 3 aromatic carbocycles. The van der Waals surface area contributed by atoms with Crippen molar-refractivity contribution >= 4 is 66.5 Å². The van der Waals surface area contributed by atoms with Gasteiger partial charge in [-0.1, -0.05) is 231 Å². The normalized spacial score (nSPS) is 12.5. The molecule has 2 unspecified atom stereocenters. The predicted molar refractivity (Wildman–Crippen MR) is 337 cm³/mol. The number of aryl methyl sites for hydroxylation is 3. The molecule has 0 aliphatic heterocycles. The van der Waals surface area contributed by atoms with Gasteiger partial charge in [-0.05, 0) is 99.2 Å². The summed E-state index contributed by atoms with van der Waals surface area (Å²) in [6.45, 7) is 11.1. The Bertz CT molecular complexity index is 2600. The maximum atomic E-state index is 14.1. The van der Waals surface area contributed by atoms with E-state index in [2.05, 4.69) is 33.9 Å². The Morgan fingerprint density at radius 2 is 0.695 bits per heavy atom. The quantitative estimate of drug-likeness (QED) is 0.0293. The van der Waals surface area contributed by atoms with Crippen LogP contribution < -0.4 is 20.1 Å². The van der Waals surface area contributed by atoms with Crippen molar-refractivity contribution in [3.63, 3.8) is 0 Å². The molecule has 0 aromatic heterocycles. The van der Waals surface area contributed by atoms with E-state index in [-0.39, 0.29) is 45.4 Å². The molecular weight excluding hydrogens is 1070 g/mol. The number of carbonyl (C=O) groups is 4. The molecule has 0 heterocycles. The van der Waals surface area contributed by atoms with Crippen molar-refractivity contribution in [3.8, 4) is 0 Å². The number of unbranched alkanes of at least 4 members (excludes halogenated alkanes) is 30. The molecule has 0 aliphatic carbocycles. The van der Waals surface area contributed by atoms with Gasteiger partial charge in [-0.3, -0.25) is 28.6 Å². The van der Waals surface area contributed by atoms with Crippen molar-refractivity contribution in [1.29, 1.82) is 0 Å². The number of carbonyl (C=O) groups excluding carboxylic acids is 2. The average Bonchev–Trinajstić information content (AvgIpc) is 3.44. The van der Waals surface area contributed by atoms with E-state index in [9.17, 15) is 46.2 Å². The molecule has 0 saturated carbocycles. The molecule has 82 heavy (non-hydrogen) atoms. The molecule has 6 N–H and O–H groups in total. The van der Waals surface area contributed by atoms with Crippen LogP contribution in [-0.4, -0.2) is 50.8 Å². The van der Waals surface area contributed by atoms with E-state index in [0.717, 1.165) is 38.5 Å². The molecule has 0 aliphatic rings. The zero-order chi connectivity index (χ0) is 60.2. The third kappa shape index (κ3) is 29.0. The van der Waals surface area contributed by atoms with Crippen LogP contribution in [0.1, 0.15) is 267 Å². The second-order valence-corrected chi connectivity index (χ2v) is 26.7. The van der Waals surface area contributed by atoms with Gasteiger partial charge in [0.15, 0.2) is 0 Å². The molecule has 462 valence electrons. The van der Waals surface area contributed by atoms with Crippen LogP contribution >= 0.6 is 0 Å². The Balaban J connectivity index is 1.50. The van der Waals surface area contributed by atoms with Gasteiger partial charge in [0.1, 0.15) is 0 Å². The molecule has 3 rings (SSSR count). The molecule has 0 fully saturated rings. The fourth-order valence-corrected chi connectivity index (χ4v) is 13.4. The third-order valence-electron chi connectivity index (χ3n) is 16.1. The Morgan fingerprint density at radius 3 is 1.01 bits per heavy atom. The number of sulfonamides is 2. The van der Waals surface area contributed by atoms with Crippen molar-refractivity contribution in [2.45, 2.75) is 282 Å². The van der Waals surface area contributed by atoms with Crippen LogP contribution in [0.5, 0.6) is 0 Å². The van der Waals surface area contributed by atoms with Gasteiger partial charge in [-0.15, -0.1) is 0 Å². The van der Waals surface area contributed by atoms with E-state index < -0.39 is 55.6 Å². The highest BCUT2D eigenvalue weighted by Gasteiger charge is 2.26. The highest BCUT2D eigenvalue weighted by atomic mass is 32.2. The second-order valence-electron chi connectivity index (χ2n) is 23.4. The third-order valence-corrected chi connectivity index (χ3v) is 19.1. The first-order valence-corrected chi connectivity index (χ1v) is 34.7. The van der Waals surface area contributed by atoms with Crippen molar-refractivity contribution in [2.75, 3.05) is 20.1 Å². The Morgan fingerprint density at radius 1 is 0.390 bits per heavy atom. The summed E-state index contributed by atoms with van der Waals surface area (Å²) < 4.78 is 61.3. The van der Waals surface area contributed by atoms with Crippen molar-refractivity contribution in [3.05, 3.63) is 70.8 Å². The van der Waals surface area contributed by atoms with E-state index >= 15 is 0 Å². The highest BCUT2D eigenvalue weighted by molar-refractivity contribution is 7.93. The fraction of sp³-hybridized carbons (Fsp3) is 0.667. The second kappa shape index (κ2) is 40.3. The van der Waals surface area contributed by atoms with Gasteiger partial charge in [-0.2, -0.15) is 0 Å². The van der Waals surface area contributed by atoms with E-state index in [1.807, 2.05) is 0 Å². The minimum absolute atomic E-state index is 0.0679. The minimum atomic E-state index is -4.33. The molecule has 3 aromatic rings. The monoisotopic (exact) mass is 1180 g/mol. The van der Waals surface area contributed by atoms with Gasteiger partial charge in [0, 0.05) is 24.2 Å². The number of carboxylic acids is 2. The van der Waals surface area contributed by atoms with Crippen LogP contribution in [0.2, 0.25) is 0 Å². The van der Waals surface area contributed by atoms with Crippen LogP contribution in [0.25, 0.3) is 0 Å². The maximum absolute atomic E-state index is 14.1. The van der Waals surface area contributed by atoms with Crippen molar-refractivity contribution in [1.82, 2.24) is 0 Å². The summed E-state index contributed by atoms with van der Waals surface area (Å²) in [5.74, 6) is -4.93. The molecule has 0 bridgehead atoms. The summed E-state index contributed by atoms with van der Waals surface area (Å²) >= 11 is 0. The number of aliphatic carboxylic acids is 2. The smallest absolute Gasteiger partial charge is 0.307 e. The lowest BCUT2D eigenvalue weighted by atomic mass is 9.96. The summed E-state index contributed by atoms with van der Waals surface area (Å²) in [7, 11) is -8.65. The summed E-state index contributed by atoms with van der Waals surface area (Å²) in [5, 5.41) is 25.3. The molecule has 0 radical (unpaired) electrons. The Kier molecular flexibility index (Phi) is 35.1. The van der Waals surface area contributed by atoms with Crippen molar-refractivity contribution < 1.29 is 46.2 Å². The number of carboxylic acid groups (broad SMARTS) is 2. The summed E-state index contributed by atoms with van der Waals surface area (Å²) in [6.07, 6.45) is 39.1. The molecular formula is C66H106N4O10S2. The molecule has 0 saturated heterocycles. The number of hydrogen-bond donors (Lipinski definition) is 6. The number of hydrogen-bond acceptors (Lipinski definition) is 8. The average molecular weight is 1180 g/mol. The number of rotatable bonds is 48. The lowest BCUT2D eigenvalue weighted by molar-refractivity contribution is -0.144. The van der Waals surface area contributed by atoms with Crippen LogP contribution in [0, 0.1) is 39.5 Å². The highest BCUT2D eigenvalue weighted by Crippen LogP contribution is 2.32. The largest absolute Gasteiger partial charge is 0.481 e. The number of nitrogens with one attached hydrogen (secondary N) is 4. The fourth-order valence-electron chi connectivity index (χ4n) is 10.7. The SMILES string of the molecule is CCCCCCCCCCCCCCCCCCC(CC(=O)Nc1ccc(C)c(S(=O)(=O)Nc2cc(C)c(C)c(NS(=O)(=O)c3cc(NC(=O)CC(CCCCCCCCCCCCCCCCCC)C(=O)O)ccc3C)c2)c1)C(=O)O. The first kappa shape index (κ1) is 71.3. The molecule has 0 spiro atoms. The summed E-state index contributed by atoms with van der Waals surface area (Å²) in [6, 6.07) is 11.8. The first-order chi connectivity index (χ1) is 39.3. The summed E-state index contributed by atoms with van der Waals surface area (Å²) in [4.78, 5) is 50.5. The van der Waals surface area contributed by atoms with Crippen LogP contribution in [0.4, 0.5) is 22.7 Å². The molecule has 14 nitrogen and oxygen atoms in total. The standard InChI is InChI=1S/C66H106N4O10S2/c1-7-9-11-13-15-17-19-21-23-25-27-29-31-33-35-37-39-55(65(73)74)46-63(71)67-57-43-41-51(3)61(49-57)81(77,78)69-59-45-53(5)54(6)60(48-59)70-82(79,80)62-50-58(44-42-52(62)4)68-64(72)47-56(66(75)76)40-38-36-34-32-30-28-26-24-22-20-18-16-14-12-10-8-2/h41-45,48-50,55-56,69-70H,7-40,46-47H2,1-6H3,(H,67,71)(H,68,72)(H,73,74)(H,75,76). The molecule has 2 atom stereocenters. The van der Waals surface area contributed by atoms with Crippen LogP contribution in [0.15, 0.2) is 58.3 Å². The van der Waals surface area contributed by atoms with Gasteiger partial charge in [0.2, 0.25) is 11.8 Å². The summed E-state index contributed by atoms with van der Waals surface area (Å²) in [5.41, 5.74) is 2.39. The molecule has 16 heteroatoms. The van der Waals surface area contributed by atoms with E-state index in [4.69, 9.17) is 0 Å². The number of amides is 2. The van der Waals surface area contributed by atoms with E-state index in [0.29, 0.717) is 47.9 Å². The van der Waals surface area contributed by atoms with Gasteiger partial charge >= 0.3 is 11.9 Å². The Hall–Kier alpha value is -4.96.